The summed E-state index contributed by atoms with van der Waals surface area (Å²) in [6.07, 6.45) is 6.84. The lowest BCUT2D eigenvalue weighted by atomic mass is 9.81. The second-order valence-electron chi connectivity index (χ2n) is 7.93. The van der Waals surface area contributed by atoms with Gasteiger partial charge in [0, 0.05) is 8.99 Å². The third-order valence-corrected chi connectivity index (χ3v) is 6.66. The van der Waals surface area contributed by atoms with Crippen molar-refractivity contribution in [3.05, 3.63) is 86.5 Å². The minimum absolute atomic E-state index is 0.0544. The first-order chi connectivity index (χ1) is 12.5. The minimum atomic E-state index is 0.0544. The van der Waals surface area contributed by atoms with Crippen molar-refractivity contribution in [1.82, 2.24) is 0 Å². The van der Waals surface area contributed by atoms with Crippen LogP contribution in [0.2, 0.25) is 0 Å². The molecule has 0 atom stereocenters. The van der Waals surface area contributed by atoms with Gasteiger partial charge in [0.1, 0.15) is 0 Å². The number of aryl methyl sites for hydroxylation is 1. The molecule has 3 aromatic rings. The number of fused-ring (bicyclic) bond motifs is 4. The highest BCUT2D eigenvalue weighted by Crippen LogP contribution is 2.50. The molecule has 0 aromatic heterocycles. The summed E-state index contributed by atoms with van der Waals surface area (Å²) in [5.74, 6) is 0. The number of hydrogen-bond acceptors (Lipinski definition) is 0. The monoisotopic (exact) mass is 448 g/mol. The van der Waals surface area contributed by atoms with E-state index >= 15 is 0 Å². The van der Waals surface area contributed by atoms with E-state index in [1.54, 1.807) is 0 Å². The predicted molar refractivity (Wildman–Crippen MR) is 120 cm³/mol. The van der Waals surface area contributed by atoms with Crippen molar-refractivity contribution in [2.45, 2.75) is 32.1 Å². The molecule has 3 aromatic carbocycles. The second-order valence-corrected chi connectivity index (χ2v) is 9.18. The summed E-state index contributed by atoms with van der Waals surface area (Å²) in [5.41, 5.74) is 11.3. The Labute approximate surface area is 169 Å². The molecule has 0 heterocycles. The Bertz CT molecular complexity index is 1070. The number of hydrogen-bond donors (Lipinski definition) is 0. The van der Waals surface area contributed by atoms with Gasteiger partial charge in [-0.15, -0.1) is 0 Å². The molecule has 0 radical (unpaired) electrons. The van der Waals surface area contributed by atoms with Crippen molar-refractivity contribution in [1.29, 1.82) is 0 Å². The largest absolute Gasteiger partial charge is 0.0836 e. The van der Waals surface area contributed by atoms with Crippen LogP contribution in [0.4, 0.5) is 0 Å². The van der Waals surface area contributed by atoms with Crippen LogP contribution in [-0.4, -0.2) is 0 Å². The third kappa shape index (κ3) is 2.40. The van der Waals surface area contributed by atoms with Crippen LogP contribution in [0, 0.1) is 3.57 Å². The van der Waals surface area contributed by atoms with Gasteiger partial charge in [-0.2, -0.15) is 0 Å². The summed E-state index contributed by atoms with van der Waals surface area (Å²) < 4.78 is 1.31. The fraction of sp³-hybridized carbons (Fsp3) is 0.200. The summed E-state index contributed by atoms with van der Waals surface area (Å²) in [5, 5.41) is 0. The van der Waals surface area contributed by atoms with Crippen LogP contribution in [-0.2, 0) is 11.8 Å². The maximum Gasteiger partial charge on any atom is 0.0159 e. The molecule has 128 valence electrons. The fourth-order valence-electron chi connectivity index (χ4n) is 4.50. The Balaban J connectivity index is 1.65. The number of allylic oxidation sites excluding steroid dienone is 1. The molecular formula is C25H21I. The van der Waals surface area contributed by atoms with Gasteiger partial charge < -0.3 is 0 Å². The molecule has 0 nitrogen and oxygen atoms in total. The number of halogens is 1. The maximum atomic E-state index is 2.42. The van der Waals surface area contributed by atoms with Crippen molar-refractivity contribution < 1.29 is 0 Å². The van der Waals surface area contributed by atoms with Gasteiger partial charge in [0.2, 0.25) is 0 Å². The molecule has 0 spiro atoms. The first kappa shape index (κ1) is 16.3. The lowest BCUT2D eigenvalue weighted by Crippen LogP contribution is -2.15. The topological polar surface area (TPSA) is 0 Å². The van der Waals surface area contributed by atoms with Crippen LogP contribution in [0.15, 0.2) is 60.7 Å². The van der Waals surface area contributed by atoms with E-state index in [0.29, 0.717) is 0 Å². The van der Waals surface area contributed by atoms with Crippen molar-refractivity contribution in [3.8, 4) is 22.3 Å². The van der Waals surface area contributed by atoms with Gasteiger partial charge in [-0.25, -0.2) is 0 Å². The normalized spacial score (nSPS) is 16.1. The Kier molecular flexibility index (Phi) is 3.65. The third-order valence-electron chi connectivity index (χ3n) is 5.99. The first-order valence-electron chi connectivity index (χ1n) is 9.29. The average Bonchev–Trinajstić information content (AvgIpc) is 2.88. The quantitative estimate of drug-likeness (QED) is 0.345. The zero-order chi connectivity index (χ0) is 17.9. The highest BCUT2D eigenvalue weighted by molar-refractivity contribution is 14.1. The Morgan fingerprint density at radius 3 is 2.35 bits per heavy atom. The fourth-order valence-corrected chi connectivity index (χ4v) is 4.99. The maximum absolute atomic E-state index is 2.42. The van der Waals surface area contributed by atoms with Crippen LogP contribution in [0.5, 0.6) is 0 Å². The van der Waals surface area contributed by atoms with E-state index in [4.69, 9.17) is 0 Å². The van der Waals surface area contributed by atoms with Crippen LogP contribution in [0.1, 0.15) is 42.5 Å². The molecule has 1 heteroatoms. The van der Waals surface area contributed by atoms with Crippen LogP contribution in [0.25, 0.3) is 28.3 Å². The van der Waals surface area contributed by atoms with E-state index < -0.39 is 0 Å². The van der Waals surface area contributed by atoms with E-state index in [1.807, 2.05) is 0 Å². The number of benzene rings is 3. The zero-order valence-corrected chi connectivity index (χ0v) is 17.3. The second kappa shape index (κ2) is 5.82. The molecule has 5 rings (SSSR count). The molecule has 0 unspecified atom stereocenters. The van der Waals surface area contributed by atoms with Gasteiger partial charge in [0.05, 0.1) is 0 Å². The van der Waals surface area contributed by atoms with Gasteiger partial charge in [-0.3, -0.25) is 0 Å². The Morgan fingerprint density at radius 1 is 0.808 bits per heavy atom. The molecule has 2 aliphatic carbocycles. The van der Waals surface area contributed by atoms with Crippen molar-refractivity contribution in [2.75, 3.05) is 0 Å². The van der Waals surface area contributed by atoms with Crippen LogP contribution >= 0.6 is 22.6 Å². The van der Waals surface area contributed by atoms with Gasteiger partial charge in [0.15, 0.2) is 0 Å². The van der Waals surface area contributed by atoms with E-state index in [-0.39, 0.29) is 5.41 Å². The molecule has 0 fully saturated rings. The standard InChI is InChI=1S/C25H21I/c1-25(2)23-14-19(18-8-7-16-5-3-4-6-17(16)13-18)9-11-21(23)22-12-10-20(26)15-24(22)25/h3,5,7-15H,4,6H2,1-2H3. The summed E-state index contributed by atoms with van der Waals surface area (Å²) in [7, 11) is 0. The van der Waals surface area contributed by atoms with E-state index in [0.717, 1.165) is 12.8 Å². The van der Waals surface area contributed by atoms with Gasteiger partial charge in [0.25, 0.3) is 0 Å². The molecule has 0 saturated carbocycles. The van der Waals surface area contributed by atoms with Gasteiger partial charge in [-0.1, -0.05) is 62.4 Å². The lowest BCUT2D eigenvalue weighted by molar-refractivity contribution is 0.660. The molecule has 0 N–H and O–H groups in total. The van der Waals surface area contributed by atoms with Crippen LogP contribution < -0.4 is 0 Å². The number of rotatable bonds is 1. The molecule has 0 amide bonds. The molecule has 0 saturated heterocycles. The zero-order valence-electron chi connectivity index (χ0n) is 15.1. The van der Waals surface area contributed by atoms with Gasteiger partial charge in [-0.05, 0) is 98.1 Å². The molecule has 0 bridgehead atoms. The van der Waals surface area contributed by atoms with E-state index in [9.17, 15) is 0 Å². The Morgan fingerprint density at radius 2 is 1.50 bits per heavy atom. The Hall–Kier alpha value is -1.87. The first-order valence-corrected chi connectivity index (χ1v) is 10.4. The van der Waals surface area contributed by atoms with Gasteiger partial charge >= 0.3 is 0 Å². The highest BCUT2D eigenvalue weighted by atomic mass is 127. The predicted octanol–water partition coefficient (Wildman–Crippen LogP) is 7.22. The molecular weight excluding hydrogens is 427 g/mol. The van der Waals surface area contributed by atoms with E-state index in [1.165, 1.54) is 48.1 Å². The summed E-state index contributed by atoms with van der Waals surface area (Å²) in [6.45, 7) is 4.71. The van der Waals surface area contributed by atoms with Crippen molar-refractivity contribution >= 4 is 28.7 Å². The minimum Gasteiger partial charge on any atom is -0.0836 e. The molecule has 0 aliphatic heterocycles. The summed E-state index contributed by atoms with van der Waals surface area (Å²) in [6, 6.07) is 20.8. The highest BCUT2D eigenvalue weighted by Gasteiger charge is 2.35. The smallest absolute Gasteiger partial charge is 0.0159 e. The lowest BCUT2D eigenvalue weighted by Gasteiger charge is -2.22. The average molecular weight is 448 g/mol. The summed E-state index contributed by atoms with van der Waals surface area (Å²) in [4.78, 5) is 0. The van der Waals surface area contributed by atoms with E-state index in [2.05, 4.69) is 103 Å². The van der Waals surface area contributed by atoms with Crippen molar-refractivity contribution in [3.63, 3.8) is 0 Å². The molecule has 26 heavy (non-hydrogen) atoms. The van der Waals surface area contributed by atoms with Crippen molar-refractivity contribution in [2.24, 2.45) is 0 Å². The summed E-state index contributed by atoms with van der Waals surface area (Å²) >= 11 is 2.42. The molecule has 2 aliphatic rings. The van der Waals surface area contributed by atoms with Crippen LogP contribution in [0.3, 0.4) is 0 Å². The SMILES string of the molecule is CC1(C)c2cc(I)ccc2-c2ccc(-c3ccc4c(c3)CCC=C4)cc21.